The quantitative estimate of drug-likeness (QED) is 0.277. The SMILES string of the molecule is O=c1[nH]c(-c2ccc(C(F)(F)F)c(F)c2)nc2c1nc(-c1ccc(Br)cc1)n2-c1ccccc1. The van der Waals surface area contributed by atoms with Crippen molar-refractivity contribution in [2.24, 2.45) is 0 Å². The summed E-state index contributed by atoms with van der Waals surface area (Å²) >= 11 is 3.39. The van der Waals surface area contributed by atoms with E-state index in [9.17, 15) is 22.4 Å². The Balaban J connectivity index is 1.77. The number of rotatable bonds is 3. The maximum absolute atomic E-state index is 14.2. The molecule has 0 spiro atoms. The van der Waals surface area contributed by atoms with Crippen molar-refractivity contribution >= 4 is 27.1 Å². The molecule has 10 heteroatoms. The van der Waals surface area contributed by atoms with Crippen LogP contribution in [-0.2, 0) is 6.18 Å². The molecule has 3 aromatic carbocycles. The van der Waals surface area contributed by atoms with Crippen molar-refractivity contribution in [3.8, 4) is 28.5 Å². The minimum absolute atomic E-state index is 0.00416. The molecule has 2 aromatic heterocycles. The topological polar surface area (TPSA) is 63.6 Å². The van der Waals surface area contributed by atoms with E-state index in [0.29, 0.717) is 29.2 Å². The summed E-state index contributed by atoms with van der Waals surface area (Å²) in [5, 5.41) is 0. The van der Waals surface area contributed by atoms with Gasteiger partial charge in [-0.05, 0) is 36.4 Å². The van der Waals surface area contributed by atoms with Crippen molar-refractivity contribution < 1.29 is 17.6 Å². The van der Waals surface area contributed by atoms with Crippen LogP contribution in [0.4, 0.5) is 17.6 Å². The lowest BCUT2D eigenvalue weighted by Gasteiger charge is -2.10. The Morgan fingerprint density at radius 3 is 2.21 bits per heavy atom. The molecule has 5 aromatic rings. The number of H-pyrrole nitrogens is 1. The fourth-order valence-corrected chi connectivity index (χ4v) is 3.88. The molecule has 5 rings (SSSR count). The summed E-state index contributed by atoms with van der Waals surface area (Å²) in [4.78, 5) is 24.4. The molecule has 0 saturated carbocycles. The first-order valence-corrected chi connectivity index (χ1v) is 10.7. The van der Waals surface area contributed by atoms with Crippen molar-refractivity contribution in [1.82, 2.24) is 19.5 Å². The normalized spacial score (nSPS) is 11.8. The number of aromatic nitrogens is 4. The van der Waals surface area contributed by atoms with Crippen LogP contribution >= 0.6 is 15.9 Å². The molecule has 0 atom stereocenters. The zero-order valence-corrected chi connectivity index (χ0v) is 18.7. The number of para-hydroxylation sites is 1. The van der Waals surface area contributed by atoms with Crippen LogP contribution in [0.1, 0.15) is 5.56 Å². The monoisotopic (exact) mass is 528 g/mol. The van der Waals surface area contributed by atoms with Gasteiger partial charge >= 0.3 is 6.18 Å². The van der Waals surface area contributed by atoms with Gasteiger partial charge in [0, 0.05) is 21.3 Å². The Kier molecular flexibility index (Phi) is 5.32. The first-order chi connectivity index (χ1) is 16.2. The van der Waals surface area contributed by atoms with Gasteiger partial charge in [-0.25, -0.2) is 14.4 Å². The summed E-state index contributed by atoms with van der Waals surface area (Å²) in [6.07, 6.45) is -4.83. The van der Waals surface area contributed by atoms with Crippen LogP contribution in [0.25, 0.3) is 39.6 Å². The number of fused-ring (bicyclic) bond motifs is 1. The number of halogens is 5. The fraction of sp³-hybridized carbons (Fsp3) is 0.0417. The first-order valence-electron chi connectivity index (χ1n) is 9.93. The molecule has 0 aliphatic heterocycles. The number of aromatic amines is 1. The lowest BCUT2D eigenvalue weighted by atomic mass is 10.1. The standard InChI is InChI=1S/C24H13BrF4N4O/c25-15-9-6-13(7-10-15)21-30-19-22(33(21)16-4-2-1-3-5-16)31-20(32-23(19)34)14-8-11-17(18(26)12-14)24(27,28)29/h1-12H,(H,31,32,34). The van der Waals surface area contributed by atoms with Gasteiger partial charge in [-0.3, -0.25) is 9.36 Å². The van der Waals surface area contributed by atoms with Crippen LogP contribution in [0, 0.1) is 5.82 Å². The molecule has 34 heavy (non-hydrogen) atoms. The lowest BCUT2D eigenvalue weighted by Crippen LogP contribution is -2.12. The molecule has 0 saturated heterocycles. The number of nitrogens with zero attached hydrogens (tertiary/aromatic N) is 3. The number of hydrogen-bond acceptors (Lipinski definition) is 3. The molecule has 0 aliphatic carbocycles. The van der Waals surface area contributed by atoms with Gasteiger partial charge in [0.15, 0.2) is 11.2 Å². The number of alkyl halides is 3. The summed E-state index contributed by atoms with van der Waals surface area (Å²) in [7, 11) is 0. The lowest BCUT2D eigenvalue weighted by molar-refractivity contribution is -0.139. The van der Waals surface area contributed by atoms with Crippen LogP contribution in [0.15, 0.2) is 82.1 Å². The minimum atomic E-state index is -4.83. The molecule has 0 aliphatic rings. The van der Waals surface area contributed by atoms with Crippen molar-refractivity contribution in [3.63, 3.8) is 0 Å². The molecule has 5 nitrogen and oxygen atoms in total. The van der Waals surface area contributed by atoms with E-state index in [0.717, 1.165) is 10.5 Å². The van der Waals surface area contributed by atoms with Crippen LogP contribution < -0.4 is 5.56 Å². The highest BCUT2D eigenvalue weighted by molar-refractivity contribution is 9.10. The molecular weight excluding hydrogens is 516 g/mol. The van der Waals surface area contributed by atoms with E-state index in [4.69, 9.17) is 0 Å². The summed E-state index contributed by atoms with van der Waals surface area (Å²) in [6.45, 7) is 0. The summed E-state index contributed by atoms with van der Waals surface area (Å²) in [5.74, 6) is -1.09. The minimum Gasteiger partial charge on any atom is -0.305 e. The predicted molar refractivity (Wildman–Crippen MR) is 123 cm³/mol. The van der Waals surface area contributed by atoms with Gasteiger partial charge < -0.3 is 4.98 Å². The van der Waals surface area contributed by atoms with Gasteiger partial charge in [0.1, 0.15) is 17.5 Å². The fourth-order valence-electron chi connectivity index (χ4n) is 3.61. The highest BCUT2D eigenvalue weighted by Gasteiger charge is 2.34. The molecule has 0 unspecified atom stereocenters. The van der Waals surface area contributed by atoms with E-state index < -0.39 is 23.1 Å². The van der Waals surface area contributed by atoms with E-state index in [-0.39, 0.29) is 22.6 Å². The van der Waals surface area contributed by atoms with Crippen LogP contribution in [0.3, 0.4) is 0 Å². The highest BCUT2D eigenvalue weighted by Crippen LogP contribution is 2.33. The molecule has 0 radical (unpaired) electrons. The number of nitrogens with one attached hydrogen (secondary N) is 1. The smallest absolute Gasteiger partial charge is 0.305 e. The predicted octanol–water partition coefficient (Wildman–Crippen LogP) is 6.36. The van der Waals surface area contributed by atoms with Gasteiger partial charge in [-0.1, -0.05) is 52.3 Å². The van der Waals surface area contributed by atoms with Crippen LogP contribution in [-0.4, -0.2) is 19.5 Å². The van der Waals surface area contributed by atoms with Crippen molar-refractivity contribution in [1.29, 1.82) is 0 Å². The Morgan fingerprint density at radius 2 is 1.56 bits per heavy atom. The largest absolute Gasteiger partial charge is 0.419 e. The average Bonchev–Trinajstić information content (AvgIpc) is 3.19. The second kappa shape index (κ2) is 8.21. The summed E-state index contributed by atoms with van der Waals surface area (Å²) < 4.78 is 55.6. The third kappa shape index (κ3) is 3.90. The second-order valence-corrected chi connectivity index (χ2v) is 8.31. The van der Waals surface area contributed by atoms with E-state index in [2.05, 4.69) is 30.9 Å². The van der Waals surface area contributed by atoms with E-state index in [1.54, 1.807) is 4.57 Å². The van der Waals surface area contributed by atoms with E-state index >= 15 is 0 Å². The van der Waals surface area contributed by atoms with Gasteiger partial charge in [0.2, 0.25) is 0 Å². The van der Waals surface area contributed by atoms with Gasteiger partial charge in [-0.2, -0.15) is 13.2 Å². The van der Waals surface area contributed by atoms with Gasteiger partial charge in [-0.15, -0.1) is 0 Å². The Morgan fingerprint density at radius 1 is 0.882 bits per heavy atom. The molecule has 2 heterocycles. The van der Waals surface area contributed by atoms with E-state index in [1.165, 1.54) is 0 Å². The number of hydrogen-bond donors (Lipinski definition) is 1. The van der Waals surface area contributed by atoms with Crippen molar-refractivity contribution in [3.05, 3.63) is 99.0 Å². The summed E-state index contributed by atoms with van der Waals surface area (Å²) in [6, 6.07) is 18.8. The van der Waals surface area contributed by atoms with E-state index in [1.807, 2.05) is 54.6 Å². The Bertz CT molecular complexity index is 1580. The van der Waals surface area contributed by atoms with Crippen molar-refractivity contribution in [2.45, 2.75) is 6.18 Å². The number of imidazole rings is 1. The third-order valence-electron chi connectivity index (χ3n) is 5.18. The molecule has 170 valence electrons. The molecule has 0 amide bonds. The number of benzene rings is 3. The van der Waals surface area contributed by atoms with Crippen LogP contribution in [0.2, 0.25) is 0 Å². The second-order valence-electron chi connectivity index (χ2n) is 7.39. The molecule has 0 bridgehead atoms. The van der Waals surface area contributed by atoms with Crippen LogP contribution in [0.5, 0.6) is 0 Å². The maximum atomic E-state index is 14.2. The zero-order chi connectivity index (χ0) is 24.0. The average molecular weight is 529 g/mol. The third-order valence-corrected chi connectivity index (χ3v) is 5.71. The van der Waals surface area contributed by atoms with Gasteiger partial charge in [0.05, 0.1) is 5.56 Å². The van der Waals surface area contributed by atoms with Crippen molar-refractivity contribution in [2.75, 3.05) is 0 Å². The highest BCUT2D eigenvalue weighted by atomic mass is 79.9. The molecular formula is C24H13BrF4N4O. The Hall–Kier alpha value is -3.79. The zero-order valence-electron chi connectivity index (χ0n) is 17.1. The molecule has 1 N–H and O–H groups in total. The molecule has 0 fully saturated rings. The first kappa shape index (κ1) is 22.0. The van der Waals surface area contributed by atoms with Gasteiger partial charge in [0.25, 0.3) is 5.56 Å². The summed E-state index contributed by atoms with van der Waals surface area (Å²) in [5.41, 5.74) is -0.395. The maximum Gasteiger partial charge on any atom is 0.419 e. The Labute approximate surface area is 197 Å².